The summed E-state index contributed by atoms with van der Waals surface area (Å²) >= 11 is 0. The highest BCUT2D eigenvalue weighted by atomic mass is 16.7. The van der Waals surface area contributed by atoms with Gasteiger partial charge in [0.05, 0.1) is 0 Å². The Hall–Kier alpha value is -1.67. The SMILES string of the molecule is Cc1ccc(O[C@@H]2OC(C(=O)O)[C@@H](O)[C@H](O)C2O)cc1. The van der Waals surface area contributed by atoms with Crippen molar-refractivity contribution in [2.45, 2.75) is 37.6 Å². The molecule has 20 heavy (non-hydrogen) atoms. The molecule has 0 amide bonds. The molecule has 0 radical (unpaired) electrons. The molecule has 7 heteroatoms. The van der Waals surface area contributed by atoms with Crippen molar-refractivity contribution in [3.63, 3.8) is 0 Å². The van der Waals surface area contributed by atoms with Crippen LogP contribution in [0, 0.1) is 6.92 Å². The van der Waals surface area contributed by atoms with E-state index in [9.17, 15) is 20.1 Å². The van der Waals surface area contributed by atoms with E-state index in [-0.39, 0.29) is 0 Å². The fourth-order valence-electron chi connectivity index (χ4n) is 1.90. The van der Waals surface area contributed by atoms with Gasteiger partial charge < -0.3 is 29.9 Å². The predicted molar refractivity (Wildman–Crippen MR) is 66.1 cm³/mol. The third-order valence-corrected chi connectivity index (χ3v) is 3.09. The molecule has 7 nitrogen and oxygen atoms in total. The zero-order valence-corrected chi connectivity index (χ0v) is 10.7. The summed E-state index contributed by atoms with van der Waals surface area (Å²) in [6.45, 7) is 1.89. The van der Waals surface area contributed by atoms with Crippen LogP contribution in [0.15, 0.2) is 24.3 Å². The Kier molecular flexibility index (Phi) is 4.24. The number of benzene rings is 1. The predicted octanol–water partition coefficient (Wildman–Crippen LogP) is -0.734. The van der Waals surface area contributed by atoms with Gasteiger partial charge in [-0.25, -0.2) is 4.79 Å². The van der Waals surface area contributed by atoms with Gasteiger partial charge in [0, 0.05) is 0 Å². The molecule has 1 saturated heterocycles. The maximum atomic E-state index is 10.9. The van der Waals surface area contributed by atoms with Gasteiger partial charge in [-0.1, -0.05) is 17.7 Å². The van der Waals surface area contributed by atoms with E-state index < -0.39 is 36.7 Å². The first-order valence-electron chi connectivity index (χ1n) is 6.06. The molecule has 0 aromatic heterocycles. The van der Waals surface area contributed by atoms with Crippen LogP contribution in [0.2, 0.25) is 0 Å². The molecule has 1 aliphatic rings. The fourth-order valence-corrected chi connectivity index (χ4v) is 1.90. The molecule has 1 fully saturated rings. The summed E-state index contributed by atoms with van der Waals surface area (Å²) in [4.78, 5) is 10.9. The highest BCUT2D eigenvalue weighted by molar-refractivity contribution is 5.73. The van der Waals surface area contributed by atoms with E-state index in [4.69, 9.17) is 14.6 Å². The standard InChI is InChI=1S/C13H16O7/c1-6-2-4-7(5-3-6)19-13-10(16)8(14)9(15)11(20-13)12(17)18/h2-5,8-11,13-16H,1H3,(H,17,18)/t8-,9-,10?,11?,13+/m0/s1. The number of aryl methyl sites for hydroxylation is 1. The molecule has 4 N–H and O–H groups in total. The van der Waals surface area contributed by atoms with Crippen molar-refractivity contribution in [3.8, 4) is 5.75 Å². The summed E-state index contributed by atoms with van der Waals surface area (Å²) in [7, 11) is 0. The highest BCUT2D eigenvalue weighted by Gasteiger charge is 2.48. The number of hydrogen-bond acceptors (Lipinski definition) is 6. The zero-order valence-electron chi connectivity index (χ0n) is 10.7. The third kappa shape index (κ3) is 2.91. The number of carboxylic acid groups (broad SMARTS) is 1. The second-order valence-corrected chi connectivity index (χ2v) is 4.67. The first-order valence-corrected chi connectivity index (χ1v) is 6.06. The lowest BCUT2D eigenvalue weighted by Crippen LogP contribution is -2.61. The van der Waals surface area contributed by atoms with Crippen molar-refractivity contribution >= 4 is 5.97 Å². The van der Waals surface area contributed by atoms with Crippen LogP contribution >= 0.6 is 0 Å². The van der Waals surface area contributed by atoms with Gasteiger partial charge in [0.25, 0.3) is 0 Å². The second kappa shape index (κ2) is 5.76. The molecule has 1 heterocycles. The Morgan fingerprint density at radius 2 is 1.70 bits per heavy atom. The van der Waals surface area contributed by atoms with Crippen LogP contribution in [-0.2, 0) is 9.53 Å². The summed E-state index contributed by atoms with van der Waals surface area (Å²) in [5.41, 5.74) is 1.00. The third-order valence-electron chi connectivity index (χ3n) is 3.09. The fraction of sp³-hybridized carbons (Fsp3) is 0.462. The van der Waals surface area contributed by atoms with Gasteiger partial charge in [0.2, 0.25) is 6.29 Å². The Balaban J connectivity index is 2.13. The van der Waals surface area contributed by atoms with E-state index in [0.29, 0.717) is 5.75 Å². The minimum atomic E-state index is -1.72. The molecular formula is C13H16O7. The van der Waals surface area contributed by atoms with E-state index >= 15 is 0 Å². The normalized spacial score (nSPS) is 33.7. The molecule has 0 bridgehead atoms. The topological polar surface area (TPSA) is 116 Å². The van der Waals surface area contributed by atoms with Crippen molar-refractivity contribution in [1.82, 2.24) is 0 Å². The Labute approximate surface area is 115 Å². The van der Waals surface area contributed by atoms with Crippen LogP contribution in [0.25, 0.3) is 0 Å². The largest absolute Gasteiger partial charge is 0.479 e. The average molecular weight is 284 g/mol. The number of ether oxygens (including phenoxy) is 2. The van der Waals surface area contributed by atoms with E-state index in [2.05, 4.69) is 0 Å². The summed E-state index contributed by atoms with van der Waals surface area (Å²) in [5, 5.41) is 37.8. The molecule has 2 rings (SSSR count). The summed E-state index contributed by atoms with van der Waals surface area (Å²) in [6.07, 6.45) is -7.98. The Bertz CT molecular complexity index is 472. The average Bonchev–Trinajstić information content (AvgIpc) is 2.41. The lowest BCUT2D eigenvalue weighted by Gasteiger charge is -2.38. The molecule has 110 valence electrons. The van der Waals surface area contributed by atoms with Crippen LogP contribution in [-0.4, -0.2) is 57.1 Å². The van der Waals surface area contributed by atoms with E-state index in [1.165, 1.54) is 0 Å². The molecule has 0 aliphatic carbocycles. The van der Waals surface area contributed by atoms with Gasteiger partial charge in [-0.3, -0.25) is 0 Å². The number of carbonyl (C=O) groups is 1. The van der Waals surface area contributed by atoms with Crippen LogP contribution < -0.4 is 4.74 Å². The van der Waals surface area contributed by atoms with E-state index in [0.717, 1.165) is 5.56 Å². The van der Waals surface area contributed by atoms with Gasteiger partial charge in [-0.05, 0) is 19.1 Å². The van der Waals surface area contributed by atoms with Crippen molar-refractivity contribution in [2.75, 3.05) is 0 Å². The molecule has 0 spiro atoms. The van der Waals surface area contributed by atoms with Crippen LogP contribution in [0.3, 0.4) is 0 Å². The quantitative estimate of drug-likeness (QED) is 0.578. The number of hydrogen-bond donors (Lipinski definition) is 4. The van der Waals surface area contributed by atoms with Crippen molar-refractivity contribution in [2.24, 2.45) is 0 Å². The van der Waals surface area contributed by atoms with Gasteiger partial charge >= 0.3 is 5.97 Å². The molecule has 1 aromatic rings. The number of aliphatic hydroxyl groups excluding tert-OH is 3. The monoisotopic (exact) mass is 284 g/mol. The first kappa shape index (κ1) is 14.7. The molecule has 5 atom stereocenters. The van der Waals surface area contributed by atoms with Crippen molar-refractivity contribution in [3.05, 3.63) is 29.8 Å². The van der Waals surface area contributed by atoms with Crippen LogP contribution in [0.5, 0.6) is 5.75 Å². The lowest BCUT2D eigenvalue weighted by molar-refractivity contribution is -0.271. The number of aliphatic hydroxyl groups is 3. The Morgan fingerprint density at radius 1 is 1.10 bits per heavy atom. The smallest absolute Gasteiger partial charge is 0.335 e. The molecule has 1 aliphatic heterocycles. The van der Waals surface area contributed by atoms with Gasteiger partial charge in [-0.15, -0.1) is 0 Å². The molecular weight excluding hydrogens is 268 g/mol. The minimum absolute atomic E-state index is 0.354. The number of rotatable bonds is 3. The van der Waals surface area contributed by atoms with Crippen LogP contribution in [0.1, 0.15) is 5.56 Å². The molecule has 1 aromatic carbocycles. The highest BCUT2D eigenvalue weighted by Crippen LogP contribution is 2.24. The van der Waals surface area contributed by atoms with Gasteiger partial charge in [-0.2, -0.15) is 0 Å². The second-order valence-electron chi connectivity index (χ2n) is 4.67. The number of carboxylic acids is 1. The van der Waals surface area contributed by atoms with E-state index in [1.807, 2.05) is 6.92 Å². The number of aliphatic carboxylic acids is 1. The summed E-state index contributed by atoms with van der Waals surface area (Å²) < 4.78 is 10.3. The van der Waals surface area contributed by atoms with Crippen LogP contribution in [0.4, 0.5) is 0 Å². The maximum Gasteiger partial charge on any atom is 0.335 e. The summed E-state index contributed by atoms with van der Waals surface area (Å²) in [6, 6.07) is 6.78. The van der Waals surface area contributed by atoms with Gasteiger partial charge in [0.1, 0.15) is 24.1 Å². The molecule has 2 unspecified atom stereocenters. The van der Waals surface area contributed by atoms with Crippen molar-refractivity contribution < 1.29 is 34.7 Å². The lowest BCUT2D eigenvalue weighted by atomic mass is 9.99. The van der Waals surface area contributed by atoms with Gasteiger partial charge in [0.15, 0.2) is 6.10 Å². The van der Waals surface area contributed by atoms with E-state index in [1.54, 1.807) is 24.3 Å². The molecule has 0 saturated carbocycles. The first-order chi connectivity index (χ1) is 9.40. The zero-order chi connectivity index (χ0) is 14.9. The Morgan fingerprint density at radius 3 is 2.25 bits per heavy atom. The maximum absolute atomic E-state index is 10.9. The van der Waals surface area contributed by atoms with Crippen molar-refractivity contribution in [1.29, 1.82) is 0 Å². The summed E-state index contributed by atoms with van der Waals surface area (Å²) in [5.74, 6) is -1.09. The minimum Gasteiger partial charge on any atom is -0.479 e.